The van der Waals surface area contributed by atoms with Gasteiger partial charge in [-0.1, -0.05) is 6.08 Å². The van der Waals surface area contributed by atoms with Crippen molar-refractivity contribution in [1.82, 2.24) is 0 Å². The molecule has 1 N–H and O–H groups in total. The number of Topliss-reactive ketones (excluding diaryl/α,β-unsaturated/α-hetero) is 1. The number of hydrogen-bond donors (Lipinski definition) is 1. The summed E-state index contributed by atoms with van der Waals surface area (Å²) in [5, 5.41) is 8.78. The Balaban J connectivity index is 3.96. The fourth-order valence-electron chi connectivity index (χ4n) is 1.01. The van der Waals surface area contributed by atoms with E-state index in [0.29, 0.717) is 6.42 Å². The molecule has 0 amide bonds. The van der Waals surface area contributed by atoms with Gasteiger partial charge in [-0.05, 0) is 33.1 Å². The van der Waals surface area contributed by atoms with Crippen LogP contribution in [-0.2, 0) is 9.59 Å². The van der Waals surface area contributed by atoms with Gasteiger partial charge in [-0.15, -0.1) is 6.58 Å². The molecule has 0 aromatic carbocycles. The smallest absolute Gasteiger partial charge is 0.316 e. The van der Waals surface area contributed by atoms with E-state index >= 15 is 0 Å². The molecule has 0 aromatic rings. The van der Waals surface area contributed by atoms with Gasteiger partial charge < -0.3 is 5.11 Å². The fourth-order valence-corrected chi connectivity index (χ4v) is 1.01. The molecule has 14 heavy (non-hydrogen) atoms. The third-order valence-corrected chi connectivity index (χ3v) is 2.29. The average molecular weight is 198 g/mol. The van der Waals surface area contributed by atoms with Crippen molar-refractivity contribution in [2.45, 2.75) is 39.5 Å². The van der Waals surface area contributed by atoms with E-state index in [1.165, 1.54) is 13.8 Å². The highest BCUT2D eigenvalue weighted by molar-refractivity contribution is 6.02. The quantitative estimate of drug-likeness (QED) is 0.388. The third-order valence-electron chi connectivity index (χ3n) is 2.29. The first-order chi connectivity index (χ1) is 6.42. The highest BCUT2D eigenvalue weighted by atomic mass is 16.4. The lowest BCUT2D eigenvalue weighted by molar-refractivity contribution is -0.152. The lowest BCUT2D eigenvalue weighted by Crippen LogP contribution is -2.33. The predicted molar refractivity (Wildman–Crippen MR) is 55.1 cm³/mol. The SMILES string of the molecule is C=CCCCCC(=O)C(C)(C)C(=O)O. The molecule has 0 radical (unpaired) electrons. The molecule has 0 saturated carbocycles. The Kier molecular flexibility index (Phi) is 5.13. The van der Waals surface area contributed by atoms with Crippen LogP contribution >= 0.6 is 0 Å². The van der Waals surface area contributed by atoms with Gasteiger partial charge in [-0.2, -0.15) is 0 Å². The molecule has 0 unspecified atom stereocenters. The van der Waals surface area contributed by atoms with Gasteiger partial charge in [-0.25, -0.2) is 0 Å². The Morgan fingerprint density at radius 2 is 1.93 bits per heavy atom. The van der Waals surface area contributed by atoms with Crippen molar-refractivity contribution in [3.05, 3.63) is 12.7 Å². The first-order valence-electron chi connectivity index (χ1n) is 4.80. The van der Waals surface area contributed by atoms with Crippen molar-refractivity contribution < 1.29 is 14.7 Å². The van der Waals surface area contributed by atoms with Crippen molar-refractivity contribution in [3.63, 3.8) is 0 Å². The normalized spacial score (nSPS) is 11.0. The van der Waals surface area contributed by atoms with Gasteiger partial charge in [0.25, 0.3) is 0 Å². The summed E-state index contributed by atoms with van der Waals surface area (Å²) in [6, 6.07) is 0. The molecule has 3 nitrogen and oxygen atoms in total. The first kappa shape index (κ1) is 12.9. The predicted octanol–water partition coefficient (Wildman–Crippen LogP) is 2.41. The first-order valence-corrected chi connectivity index (χ1v) is 4.80. The number of hydrogen-bond acceptors (Lipinski definition) is 2. The topological polar surface area (TPSA) is 54.4 Å². The second-order valence-electron chi connectivity index (χ2n) is 3.89. The molecule has 0 aromatic heterocycles. The van der Waals surface area contributed by atoms with E-state index in [2.05, 4.69) is 6.58 Å². The van der Waals surface area contributed by atoms with E-state index < -0.39 is 11.4 Å². The van der Waals surface area contributed by atoms with E-state index in [1.54, 1.807) is 6.08 Å². The van der Waals surface area contributed by atoms with Crippen LogP contribution in [0.1, 0.15) is 39.5 Å². The molecule has 0 atom stereocenters. The van der Waals surface area contributed by atoms with Crippen LogP contribution in [0, 0.1) is 5.41 Å². The Bertz CT molecular complexity index is 229. The second-order valence-corrected chi connectivity index (χ2v) is 3.89. The number of aliphatic carboxylic acids is 1. The summed E-state index contributed by atoms with van der Waals surface area (Å²) in [6.07, 6.45) is 4.65. The van der Waals surface area contributed by atoms with E-state index in [4.69, 9.17) is 5.11 Å². The van der Waals surface area contributed by atoms with E-state index in [9.17, 15) is 9.59 Å². The van der Waals surface area contributed by atoms with Gasteiger partial charge in [0.05, 0.1) is 0 Å². The summed E-state index contributed by atoms with van der Waals surface area (Å²) >= 11 is 0. The van der Waals surface area contributed by atoms with E-state index in [-0.39, 0.29) is 5.78 Å². The number of unbranched alkanes of at least 4 members (excludes halogenated alkanes) is 2. The van der Waals surface area contributed by atoms with Crippen LogP contribution in [0.3, 0.4) is 0 Å². The molecule has 80 valence electrons. The van der Waals surface area contributed by atoms with Gasteiger partial charge in [0, 0.05) is 6.42 Å². The fraction of sp³-hybridized carbons (Fsp3) is 0.636. The van der Waals surface area contributed by atoms with Crippen LogP contribution in [0.5, 0.6) is 0 Å². The Morgan fingerprint density at radius 1 is 1.36 bits per heavy atom. The maximum Gasteiger partial charge on any atom is 0.316 e. The van der Waals surface area contributed by atoms with Gasteiger partial charge in [0.15, 0.2) is 0 Å². The lowest BCUT2D eigenvalue weighted by atomic mass is 9.85. The van der Waals surface area contributed by atoms with E-state index in [1.807, 2.05) is 0 Å². The zero-order chi connectivity index (χ0) is 11.2. The van der Waals surface area contributed by atoms with Crippen molar-refractivity contribution in [2.24, 2.45) is 5.41 Å². The van der Waals surface area contributed by atoms with Crippen molar-refractivity contribution >= 4 is 11.8 Å². The number of allylic oxidation sites excluding steroid dienone is 1. The summed E-state index contributed by atoms with van der Waals surface area (Å²) in [5.74, 6) is -1.25. The van der Waals surface area contributed by atoms with Crippen LogP contribution in [0.25, 0.3) is 0 Å². The van der Waals surface area contributed by atoms with Gasteiger partial charge >= 0.3 is 5.97 Å². The van der Waals surface area contributed by atoms with Crippen LogP contribution in [0.4, 0.5) is 0 Å². The zero-order valence-electron chi connectivity index (χ0n) is 8.88. The molecule has 0 fully saturated rings. The van der Waals surface area contributed by atoms with Crippen LogP contribution < -0.4 is 0 Å². The third kappa shape index (κ3) is 3.73. The minimum Gasteiger partial charge on any atom is -0.481 e. The molecule has 0 rings (SSSR count). The second kappa shape index (κ2) is 5.58. The number of carbonyl (C=O) groups is 2. The van der Waals surface area contributed by atoms with Crippen LogP contribution in [0.2, 0.25) is 0 Å². The molecule has 0 aliphatic heterocycles. The Labute approximate surface area is 84.8 Å². The number of carboxylic acid groups (broad SMARTS) is 1. The number of carbonyl (C=O) groups excluding carboxylic acids is 1. The minimum absolute atomic E-state index is 0.200. The lowest BCUT2D eigenvalue weighted by Gasteiger charge is -2.16. The maximum atomic E-state index is 11.5. The zero-order valence-corrected chi connectivity index (χ0v) is 8.88. The molecule has 0 aliphatic rings. The highest BCUT2D eigenvalue weighted by Crippen LogP contribution is 2.20. The number of ketones is 1. The van der Waals surface area contributed by atoms with E-state index in [0.717, 1.165) is 19.3 Å². The molecule has 0 bridgehead atoms. The minimum atomic E-state index is -1.24. The van der Waals surface area contributed by atoms with Gasteiger partial charge in [0.1, 0.15) is 11.2 Å². The van der Waals surface area contributed by atoms with Gasteiger partial charge in [-0.3, -0.25) is 9.59 Å². The van der Waals surface area contributed by atoms with Crippen molar-refractivity contribution in [2.75, 3.05) is 0 Å². The standard InChI is InChI=1S/C11H18O3/c1-4-5-6-7-8-9(12)11(2,3)10(13)14/h4H,1,5-8H2,2-3H3,(H,13,14). The molecule has 0 heterocycles. The monoisotopic (exact) mass is 198 g/mol. The molecule has 3 heteroatoms. The summed E-state index contributed by atoms with van der Waals surface area (Å²) < 4.78 is 0. The molecule has 0 aliphatic carbocycles. The van der Waals surface area contributed by atoms with Crippen LogP contribution in [-0.4, -0.2) is 16.9 Å². The largest absolute Gasteiger partial charge is 0.481 e. The summed E-state index contributed by atoms with van der Waals surface area (Å²) in [7, 11) is 0. The number of carboxylic acids is 1. The summed E-state index contributed by atoms with van der Waals surface area (Å²) in [5.41, 5.74) is -1.24. The summed E-state index contributed by atoms with van der Waals surface area (Å²) in [4.78, 5) is 22.2. The van der Waals surface area contributed by atoms with Crippen LogP contribution in [0.15, 0.2) is 12.7 Å². The van der Waals surface area contributed by atoms with Crippen molar-refractivity contribution in [1.29, 1.82) is 0 Å². The maximum absolute atomic E-state index is 11.5. The highest BCUT2D eigenvalue weighted by Gasteiger charge is 2.34. The summed E-state index contributed by atoms with van der Waals surface area (Å²) in [6.45, 7) is 6.47. The van der Waals surface area contributed by atoms with Crippen molar-refractivity contribution in [3.8, 4) is 0 Å². The molecular formula is C11H18O3. The molecule has 0 saturated heterocycles. The average Bonchev–Trinajstić information content (AvgIpc) is 2.11. The van der Waals surface area contributed by atoms with Gasteiger partial charge in [0.2, 0.25) is 0 Å². The molecular weight excluding hydrogens is 180 g/mol. The number of rotatable bonds is 7. The Morgan fingerprint density at radius 3 is 2.36 bits per heavy atom. The molecule has 0 spiro atoms. The Hall–Kier alpha value is -1.12.